The maximum Gasteiger partial charge on any atom is 0.266 e. The van der Waals surface area contributed by atoms with Crippen LogP contribution < -0.4 is 10.5 Å². The van der Waals surface area contributed by atoms with E-state index in [4.69, 9.17) is 4.98 Å². The second-order valence-electron chi connectivity index (χ2n) is 7.25. The summed E-state index contributed by atoms with van der Waals surface area (Å²) in [6.45, 7) is 5.34. The van der Waals surface area contributed by atoms with Gasteiger partial charge in [0, 0.05) is 56.1 Å². The molecule has 9 heteroatoms. The molecule has 0 amide bonds. The van der Waals surface area contributed by atoms with Crippen molar-refractivity contribution in [1.82, 2.24) is 29.4 Å². The Morgan fingerprint density at radius 1 is 1.07 bits per heavy atom. The third-order valence-electron chi connectivity index (χ3n) is 5.45. The van der Waals surface area contributed by atoms with Crippen LogP contribution in [0.5, 0.6) is 0 Å². The number of hydrogen-bond acceptors (Lipinski definition) is 7. The minimum atomic E-state index is -0.0770. The summed E-state index contributed by atoms with van der Waals surface area (Å²) in [5.74, 6) is 0.659. The minimum absolute atomic E-state index is 0.0770. The molecule has 146 valence electrons. The van der Waals surface area contributed by atoms with Crippen molar-refractivity contribution < 1.29 is 0 Å². The first-order valence-corrected chi connectivity index (χ1v) is 10.6. The van der Waals surface area contributed by atoms with Gasteiger partial charge in [-0.2, -0.15) is 5.10 Å². The van der Waals surface area contributed by atoms with Gasteiger partial charge in [0.25, 0.3) is 5.56 Å². The number of hydrogen-bond donors (Lipinski definition) is 0. The Morgan fingerprint density at radius 2 is 1.96 bits per heavy atom. The zero-order valence-corrected chi connectivity index (χ0v) is 16.5. The highest BCUT2D eigenvalue weighted by Crippen LogP contribution is 2.32. The largest absolute Gasteiger partial charge is 0.346 e. The van der Waals surface area contributed by atoms with Crippen molar-refractivity contribution in [3.63, 3.8) is 0 Å². The molecule has 5 rings (SSSR count). The Morgan fingerprint density at radius 3 is 2.75 bits per heavy atom. The van der Waals surface area contributed by atoms with Crippen LogP contribution in [-0.4, -0.2) is 62.2 Å². The third-order valence-corrected chi connectivity index (χ3v) is 6.67. The first-order valence-electron chi connectivity index (χ1n) is 9.80. The van der Waals surface area contributed by atoms with Crippen LogP contribution in [-0.2, 0) is 19.4 Å². The molecule has 1 saturated heterocycles. The SMILES string of the molecule is O=c1ccc(-n2cccn2)nn1CCN1CCN(c2nc3c(s2)CCC3)CC1. The first kappa shape index (κ1) is 17.6. The lowest BCUT2D eigenvalue weighted by Gasteiger charge is -2.34. The number of thiazole rings is 1. The lowest BCUT2D eigenvalue weighted by Crippen LogP contribution is -2.47. The van der Waals surface area contributed by atoms with E-state index in [0.717, 1.165) is 39.1 Å². The van der Waals surface area contributed by atoms with Gasteiger partial charge in [0.2, 0.25) is 0 Å². The summed E-state index contributed by atoms with van der Waals surface area (Å²) in [6.07, 6.45) is 7.13. The van der Waals surface area contributed by atoms with Gasteiger partial charge in [0.05, 0.1) is 12.2 Å². The van der Waals surface area contributed by atoms with Gasteiger partial charge in [-0.15, -0.1) is 16.4 Å². The standard InChI is InChI=1S/C19H23N7OS/c27-18-6-5-17(25-8-2-7-20-25)22-26(18)14-11-23-9-12-24(13-10-23)19-21-15-3-1-4-16(15)28-19/h2,5-8H,1,3-4,9-14H2. The van der Waals surface area contributed by atoms with Gasteiger partial charge in [-0.25, -0.2) is 14.3 Å². The van der Waals surface area contributed by atoms with Crippen molar-refractivity contribution in [3.8, 4) is 5.82 Å². The van der Waals surface area contributed by atoms with E-state index < -0.39 is 0 Å². The summed E-state index contributed by atoms with van der Waals surface area (Å²) >= 11 is 1.87. The van der Waals surface area contributed by atoms with Crippen LogP contribution in [0.15, 0.2) is 35.4 Å². The Hall–Kier alpha value is -2.52. The van der Waals surface area contributed by atoms with Crippen LogP contribution in [0.2, 0.25) is 0 Å². The number of nitrogens with zero attached hydrogens (tertiary/aromatic N) is 7. The molecule has 3 aromatic heterocycles. The molecule has 1 aliphatic carbocycles. The molecule has 28 heavy (non-hydrogen) atoms. The van der Waals surface area contributed by atoms with Gasteiger partial charge in [-0.1, -0.05) is 0 Å². The summed E-state index contributed by atoms with van der Waals surface area (Å²) in [5.41, 5.74) is 1.25. The number of anilines is 1. The van der Waals surface area contributed by atoms with Crippen molar-refractivity contribution in [2.24, 2.45) is 0 Å². The molecule has 1 fully saturated rings. The zero-order chi connectivity index (χ0) is 18.9. The number of fused-ring (bicyclic) bond motifs is 1. The highest BCUT2D eigenvalue weighted by molar-refractivity contribution is 7.15. The smallest absolute Gasteiger partial charge is 0.266 e. The fraction of sp³-hybridized carbons (Fsp3) is 0.474. The highest BCUT2D eigenvalue weighted by atomic mass is 32.1. The average Bonchev–Trinajstić information content (AvgIpc) is 3.45. The van der Waals surface area contributed by atoms with Crippen LogP contribution in [0.25, 0.3) is 5.82 Å². The molecule has 0 atom stereocenters. The monoisotopic (exact) mass is 397 g/mol. The summed E-state index contributed by atoms with van der Waals surface area (Å²) < 4.78 is 3.20. The lowest BCUT2D eigenvalue weighted by molar-refractivity contribution is 0.242. The molecular weight excluding hydrogens is 374 g/mol. The van der Waals surface area contributed by atoms with E-state index in [2.05, 4.69) is 20.0 Å². The fourth-order valence-corrected chi connectivity index (χ4v) is 5.04. The molecule has 0 saturated carbocycles. The predicted octanol–water partition coefficient (Wildman–Crippen LogP) is 1.20. The fourth-order valence-electron chi connectivity index (χ4n) is 3.84. The van der Waals surface area contributed by atoms with Crippen molar-refractivity contribution in [1.29, 1.82) is 0 Å². The van der Waals surface area contributed by atoms with E-state index in [1.54, 1.807) is 23.0 Å². The van der Waals surface area contributed by atoms with Gasteiger partial charge in [-0.3, -0.25) is 9.69 Å². The van der Waals surface area contributed by atoms with E-state index in [1.807, 2.05) is 23.6 Å². The number of aryl methyl sites for hydroxylation is 2. The Labute approximate surface area is 167 Å². The van der Waals surface area contributed by atoms with Gasteiger partial charge in [-0.05, 0) is 31.4 Å². The van der Waals surface area contributed by atoms with Crippen molar-refractivity contribution in [2.45, 2.75) is 25.8 Å². The molecule has 0 N–H and O–H groups in total. The number of rotatable bonds is 5. The molecule has 8 nitrogen and oxygen atoms in total. The number of aromatic nitrogens is 5. The quantitative estimate of drug-likeness (QED) is 0.644. The van der Waals surface area contributed by atoms with Gasteiger partial charge < -0.3 is 4.90 Å². The Kier molecular flexibility index (Phi) is 4.69. The van der Waals surface area contributed by atoms with E-state index in [-0.39, 0.29) is 5.56 Å². The Balaban J connectivity index is 1.18. The van der Waals surface area contributed by atoms with Crippen molar-refractivity contribution >= 4 is 16.5 Å². The average molecular weight is 398 g/mol. The molecule has 4 heterocycles. The van der Waals surface area contributed by atoms with Crippen molar-refractivity contribution in [2.75, 3.05) is 37.6 Å². The first-order chi connectivity index (χ1) is 13.8. The summed E-state index contributed by atoms with van der Waals surface area (Å²) in [6, 6.07) is 5.10. The van der Waals surface area contributed by atoms with E-state index in [0.29, 0.717) is 12.4 Å². The van der Waals surface area contributed by atoms with Gasteiger partial charge >= 0.3 is 0 Å². The zero-order valence-electron chi connectivity index (χ0n) is 15.7. The van der Waals surface area contributed by atoms with Crippen LogP contribution in [0.4, 0.5) is 5.13 Å². The van der Waals surface area contributed by atoms with Crippen LogP contribution >= 0.6 is 11.3 Å². The highest BCUT2D eigenvalue weighted by Gasteiger charge is 2.23. The lowest BCUT2D eigenvalue weighted by atomic mass is 10.3. The Bertz CT molecular complexity index is 980. The molecule has 2 aliphatic rings. The predicted molar refractivity (Wildman–Crippen MR) is 108 cm³/mol. The third kappa shape index (κ3) is 3.47. The van der Waals surface area contributed by atoms with Gasteiger partial charge in [0.1, 0.15) is 0 Å². The van der Waals surface area contributed by atoms with E-state index >= 15 is 0 Å². The van der Waals surface area contributed by atoms with Gasteiger partial charge in [0.15, 0.2) is 10.9 Å². The normalized spacial score (nSPS) is 17.2. The van der Waals surface area contributed by atoms with Crippen molar-refractivity contribution in [3.05, 3.63) is 51.5 Å². The maximum absolute atomic E-state index is 12.2. The summed E-state index contributed by atoms with van der Waals surface area (Å²) in [4.78, 5) is 23.3. The summed E-state index contributed by atoms with van der Waals surface area (Å²) in [5, 5.41) is 9.82. The molecular formula is C19H23N7OS. The second kappa shape index (κ2) is 7.48. The van der Waals surface area contributed by atoms with Crippen LogP contribution in [0, 0.1) is 0 Å². The van der Waals surface area contributed by atoms with E-state index in [9.17, 15) is 4.79 Å². The van der Waals surface area contributed by atoms with Crippen LogP contribution in [0.1, 0.15) is 17.0 Å². The van der Waals surface area contributed by atoms with Crippen LogP contribution in [0.3, 0.4) is 0 Å². The van der Waals surface area contributed by atoms with E-state index in [1.165, 1.54) is 33.2 Å². The molecule has 0 bridgehead atoms. The molecule has 0 unspecified atom stereocenters. The summed E-state index contributed by atoms with van der Waals surface area (Å²) in [7, 11) is 0. The molecule has 0 aromatic carbocycles. The molecule has 3 aromatic rings. The number of piperazine rings is 1. The maximum atomic E-state index is 12.2. The second-order valence-corrected chi connectivity index (χ2v) is 8.31. The molecule has 0 spiro atoms. The molecule has 1 aliphatic heterocycles. The molecule has 0 radical (unpaired) electrons. The minimum Gasteiger partial charge on any atom is -0.346 e. The topological polar surface area (TPSA) is 72.1 Å².